The molecule has 0 unspecified atom stereocenters. The topological polar surface area (TPSA) is 80.2 Å². The van der Waals surface area contributed by atoms with Gasteiger partial charge in [-0.15, -0.1) is 0 Å². The van der Waals surface area contributed by atoms with Crippen molar-refractivity contribution in [1.29, 1.82) is 0 Å². The summed E-state index contributed by atoms with van der Waals surface area (Å²) < 4.78 is 10.6. The number of hydrogen-bond donors (Lipinski definition) is 1. The molecule has 0 saturated carbocycles. The van der Waals surface area contributed by atoms with E-state index < -0.39 is 12.0 Å². The molecule has 1 saturated heterocycles. The molecular formula is C22H24ClN3O4S. The van der Waals surface area contributed by atoms with Crippen LogP contribution in [0, 0.1) is 0 Å². The standard InChI is InChI=1S/C22H24ClN3O4S/c1-13-19(21(28)29-2)20(14-5-7-15(23)8-6-14)26-16(12-31-22(26)25-13)10-18(27)24-11-17-4-3-9-30-17/h5-8,12,17,20H,3-4,9-11H2,1-2H3,(H,24,27)/t17-,20-/m0/s1. The van der Waals surface area contributed by atoms with Crippen molar-refractivity contribution >= 4 is 40.4 Å². The minimum absolute atomic E-state index is 0.0846. The minimum atomic E-state index is -0.454. The van der Waals surface area contributed by atoms with E-state index in [1.54, 1.807) is 19.1 Å². The van der Waals surface area contributed by atoms with E-state index in [-0.39, 0.29) is 18.4 Å². The number of benzene rings is 1. The summed E-state index contributed by atoms with van der Waals surface area (Å²) >= 11 is 7.53. The highest BCUT2D eigenvalue weighted by atomic mass is 35.5. The zero-order chi connectivity index (χ0) is 22.0. The Balaban J connectivity index is 1.59. The molecule has 9 heteroatoms. The Kier molecular flexibility index (Phi) is 6.69. The molecule has 164 valence electrons. The first-order chi connectivity index (χ1) is 15.0. The number of ether oxygens (including phenoxy) is 2. The Bertz CT molecular complexity index is 967. The molecule has 3 aliphatic rings. The number of thioether (sulfide) groups is 1. The van der Waals surface area contributed by atoms with E-state index in [1.165, 1.54) is 18.9 Å². The summed E-state index contributed by atoms with van der Waals surface area (Å²) in [6.45, 7) is 3.06. The van der Waals surface area contributed by atoms with Gasteiger partial charge in [-0.2, -0.15) is 0 Å². The van der Waals surface area contributed by atoms with Crippen LogP contribution in [0.4, 0.5) is 0 Å². The summed E-state index contributed by atoms with van der Waals surface area (Å²) in [7, 11) is 1.36. The summed E-state index contributed by atoms with van der Waals surface area (Å²) in [5, 5.41) is 6.21. The molecule has 0 bridgehead atoms. The number of aliphatic imine (C=N–C) groups is 1. The lowest BCUT2D eigenvalue weighted by Crippen LogP contribution is -2.38. The van der Waals surface area contributed by atoms with Gasteiger partial charge in [-0.05, 0) is 42.9 Å². The van der Waals surface area contributed by atoms with Crippen molar-refractivity contribution in [3.63, 3.8) is 0 Å². The fourth-order valence-corrected chi connectivity index (χ4v) is 5.05. The number of amides is 1. The van der Waals surface area contributed by atoms with E-state index in [2.05, 4.69) is 10.3 Å². The van der Waals surface area contributed by atoms with Crippen LogP contribution >= 0.6 is 23.4 Å². The number of halogens is 1. The molecule has 7 nitrogen and oxygen atoms in total. The molecule has 1 aromatic rings. The Morgan fingerprint density at radius 1 is 1.35 bits per heavy atom. The van der Waals surface area contributed by atoms with E-state index in [0.29, 0.717) is 22.8 Å². The average molecular weight is 462 g/mol. The van der Waals surface area contributed by atoms with Gasteiger partial charge in [0.25, 0.3) is 0 Å². The van der Waals surface area contributed by atoms with Crippen molar-refractivity contribution in [1.82, 2.24) is 10.2 Å². The number of fused-ring (bicyclic) bond motifs is 1. The number of carbonyl (C=O) groups excluding carboxylic acids is 2. The van der Waals surface area contributed by atoms with Crippen LogP contribution < -0.4 is 5.32 Å². The molecule has 3 heterocycles. The van der Waals surface area contributed by atoms with Crippen LogP contribution in [0.2, 0.25) is 5.02 Å². The second kappa shape index (κ2) is 9.46. The molecule has 1 N–H and O–H groups in total. The number of amidine groups is 1. The third-order valence-electron chi connectivity index (χ3n) is 5.48. The van der Waals surface area contributed by atoms with Crippen LogP contribution in [0.1, 0.15) is 37.8 Å². The molecular weight excluding hydrogens is 438 g/mol. The lowest BCUT2D eigenvalue weighted by atomic mass is 9.94. The number of hydrogen-bond acceptors (Lipinski definition) is 7. The summed E-state index contributed by atoms with van der Waals surface area (Å²) in [6, 6.07) is 6.87. The molecule has 2 atom stereocenters. The molecule has 0 aromatic heterocycles. The molecule has 0 radical (unpaired) electrons. The maximum atomic E-state index is 12.7. The second-order valence-corrected chi connectivity index (χ2v) is 8.83. The van der Waals surface area contributed by atoms with Gasteiger partial charge in [-0.25, -0.2) is 9.79 Å². The van der Waals surface area contributed by atoms with Crippen molar-refractivity contribution in [2.45, 2.75) is 38.3 Å². The minimum Gasteiger partial charge on any atom is -0.466 e. The smallest absolute Gasteiger partial charge is 0.338 e. The molecule has 1 amide bonds. The van der Waals surface area contributed by atoms with Gasteiger partial charge in [0.1, 0.15) is 0 Å². The predicted octanol–water partition coefficient (Wildman–Crippen LogP) is 3.77. The first kappa shape index (κ1) is 21.9. The van der Waals surface area contributed by atoms with Gasteiger partial charge in [0.05, 0.1) is 36.9 Å². The molecule has 1 aromatic carbocycles. The predicted molar refractivity (Wildman–Crippen MR) is 120 cm³/mol. The number of nitrogens with one attached hydrogen (secondary N) is 1. The molecule has 3 aliphatic heterocycles. The van der Waals surface area contributed by atoms with Gasteiger partial charge in [-0.1, -0.05) is 35.5 Å². The maximum absolute atomic E-state index is 12.7. The summed E-state index contributed by atoms with van der Waals surface area (Å²) in [5.74, 6) is -0.538. The second-order valence-electron chi connectivity index (χ2n) is 7.55. The van der Waals surface area contributed by atoms with Gasteiger partial charge < -0.3 is 19.7 Å². The SMILES string of the molecule is COC(=O)C1=C(C)N=C2SC=C(CC(=O)NC[C@@H]3CCCO3)N2[C@H]1c1ccc(Cl)cc1. The van der Waals surface area contributed by atoms with Crippen LogP contribution in [0.3, 0.4) is 0 Å². The third-order valence-corrected chi connectivity index (χ3v) is 6.62. The van der Waals surface area contributed by atoms with Crippen molar-refractivity contribution < 1.29 is 19.1 Å². The van der Waals surface area contributed by atoms with E-state index in [0.717, 1.165) is 35.9 Å². The average Bonchev–Trinajstić information content (AvgIpc) is 3.42. The quantitative estimate of drug-likeness (QED) is 0.649. The van der Waals surface area contributed by atoms with E-state index in [9.17, 15) is 9.59 Å². The van der Waals surface area contributed by atoms with Gasteiger partial charge in [0.15, 0.2) is 5.17 Å². The lowest BCUT2D eigenvalue weighted by Gasteiger charge is -2.36. The van der Waals surface area contributed by atoms with Crippen molar-refractivity contribution in [3.8, 4) is 0 Å². The number of methoxy groups -OCH3 is 1. The number of nitrogens with zero attached hydrogens (tertiary/aromatic N) is 2. The van der Waals surface area contributed by atoms with Crippen molar-refractivity contribution in [2.24, 2.45) is 4.99 Å². The highest BCUT2D eigenvalue weighted by molar-refractivity contribution is 8.16. The van der Waals surface area contributed by atoms with Crippen molar-refractivity contribution in [2.75, 3.05) is 20.3 Å². The van der Waals surface area contributed by atoms with Crippen LogP contribution in [0.25, 0.3) is 0 Å². The number of esters is 1. The maximum Gasteiger partial charge on any atom is 0.338 e. The number of allylic oxidation sites excluding steroid dienone is 1. The van der Waals surface area contributed by atoms with Crippen LogP contribution in [-0.4, -0.2) is 48.3 Å². The summed E-state index contributed by atoms with van der Waals surface area (Å²) in [5.41, 5.74) is 2.69. The first-order valence-electron chi connectivity index (χ1n) is 10.1. The summed E-state index contributed by atoms with van der Waals surface area (Å²) in [6.07, 6.45) is 2.26. The van der Waals surface area contributed by atoms with Crippen LogP contribution in [0.5, 0.6) is 0 Å². The Hall–Kier alpha value is -2.29. The largest absolute Gasteiger partial charge is 0.466 e. The highest BCUT2D eigenvalue weighted by Crippen LogP contribution is 2.44. The fourth-order valence-electron chi connectivity index (χ4n) is 3.96. The molecule has 0 spiro atoms. The van der Waals surface area contributed by atoms with Crippen LogP contribution in [-0.2, 0) is 19.1 Å². The van der Waals surface area contributed by atoms with E-state index >= 15 is 0 Å². The first-order valence-corrected chi connectivity index (χ1v) is 11.4. The van der Waals surface area contributed by atoms with Gasteiger partial charge in [-0.3, -0.25) is 4.79 Å². The Labute approximate surface area is 190 Å². The molecule has 1 fully saturated rings. The van der Waals surface area contributed by atoms with E-state index in [4.69, 9.17) is 21.1 Å². The van der Waals surface area contributed by atoms with E-state index in [1.807, 2.05) is 22.4 Å². The van der Waals surface area contributed by atoms with Gasteiger partial charge >= 0.3 is 5.97 Å². The zero-order valence-electron chi connectivity index (χ0n) is 17.4. The number of carbonyl (C=O) groups is 2. The highest BCUT2D eigenvalue weighted by Gasteiger charge is 2.41. The van der Waals surface area contributed by atoms with Crippen molar-refractivity contribution in [3.05, 3.63) is 57.2 Å². The molecule has 31 heavy (non-hydrogen) atoms. The lowest BCUT2D eigenvalue weighted by molar-refractivity contribution is -0.136. The molecule has 4 rings (SSSR count). The normalized spacial score (nSPS) is 22.7. The van der Waals surface area contributed by atoms with Gasteiger partial charge in [0.2, 0.25) is 5.91 Å². The zero-order valence-corrected chi connectivity index (χ0v) is 19.0. The Morgan fingerprint density at radius 3 is 2.81 bits per heavy atom. The summed E-state index contributed by atoms with van der Waals surface area (Å²) in [4.78, 5) is 31.9. The third kappa shape index (κ3) is 4.66. The van der Waals surface area contributed by atoms with Crippen LogP contribution in [0.15, 0.2) is 51.6 Å². The Morgan fingerprint density at radius 2 is 2.13 bits per heavy atom. The molecule has 0 aliphatic carbocycles. The van der Waals surface area contributed by atoms with Gasteiger partial charge in [0, 0.05) is 23.9 Å². The fraction of sp³-hybridized carbons (Fsp3) is 0.409. The number of rotatable bonds is 6. The monoisotopic (exact) mass is 461 g/mol.